The van der Waals surface area contributed by atoms with E-state index in [9.17, 15) is 9.59 Å². The Morgan fingerprint density at radius 1 is 1.23 bits per heavy atom. The van der Waals surface area contributed by atoms with E-state index < -0.39 is 0 Å². The standard InChI is InChI=1S/C22H25N3O3S2/c1-4-28-22(27)16-12-7-5-6-8-15(12)29-21(16)25-19(26)18-17(23)13-9-10-14(11(2)3)24-20(13)30-18/h9-11H,4-8,23H2,1-3H3,(H,25,26). The van der Waals surface area contributed by atoms with Gasteiger partial charge in [-0.25, -0.2) is 9.78 Å². The number of fused-ring (bicyclic) bond motifs is 2. The van der Waals surface area contributed by atoms with Gasteiger partial charge in [0.05, 0.1) is 17.9 Å². The van der Waals surface area contributed by atoms with Crippen molar-refractivity contribution in [2.45, 2.75) is 52.4 Å². The quantitative estimate of drug-likeness (QED) is 0.517. The molecule has 0 fully saturated rings. The van der Waals surface area contributed by atoms with Crippen molar-refractivity contribution in [3.63, 3.8) is 0 Å². The Labute approximate surface area is 183 Å². The summed E-state index contributed by atoms with van der Waals surface area (Å²) in [7, 11) is 0. The highest BCUT2D eigenvalue weighted by Crippen LogP contribution is 2.40. The molecule has 3 aromatic heterocycles. The van der Waals surface area contributed by atoms with Crippen LogP contribution < -0.4 is 11.1 Å². The third kappa shape index (κ3) is 3.70. The molecule has 158 valence electrons. The number of nitrogens with two attached hydrogens (primary N) is 1. The van der Waals surface area contributed by atoms with Crippen molar-refractivity contribution < 1.29 is 14.3 Å². The van der Waals surface area contributed by atoms with E-state index in [4.69, 9.17) is 10.5 Å². The number of rotatable bonds is 5. The van der Waals surface area contributed by atoms with Crippen LogP contribution in [-0.2, 0) is 17.6 Å². The summed E-state index contributed by atoms with van der Waals surface area (Å²) in [6, 6.07) is 3.87. The summed E-state index contributed by atoms with van der Waals surface area (Å²) in [5.41, 5.74) is 9.20. The number of aromatic nitrogens is 1. The van der Waals surface area contributed by atoms with Crippen molar-refractivity contribution >= 4 is 55.5 Å². The Bertz CT molecular complexity index is 1130. The fourth-order valence-electron chi connectivity index (χ4n) is 3.73. The lowest BCUT2D eigenvalue weighted by Gasteiger charge is -2.12. The first-order valence-corrected chi connectivity index (χ1v) is 11.9. The number of esters is 1. The number of carbonyl (C=O) groups excluding carboxylic acids is 2. The van der Waals surface area contributed by atoms with Crippen LogP contribution in [0.3, 0.4) is 0 Å². The number of ether oxygens (including phenoxy) is 1. The Morgan fingerprint density at radius 2 is 2.00 bits per heavy atom. The lowest BCUT2D eigenvalue weighted by atomic mass is 9.95. The number of aryl methyl sites for hydroxylation is 1. The van der Waals surface area contributed by atoms with E-state index in [1.807, 2.05) is 12.1 Å². The molecule has 0 atom stereocenters. The Morgan fingerprint density at radius 3 is 2.73 bits per heavy atom. The fraction of sp³-hybridized carbons (Fsp3) is 0.409. The molecule has 0 radical (unpaired) electrons. The van der Waals surface area contributed by atoms with Crippen molar-refractivity contribution in [3.8, 4) is 0 Å². The van der Waals surface area contributed by atoms with Gasteiger partial charge in [0.2, 0.25) is 0 Å². The van der Waals surface area contributed by atoms with Crippen LogP contribution in [0.4, 0.5) is 10.7 Å². The van der Waals surface area contributed by atoms with Gasteiger partial charge in [0.1, 0.15) is 14.7 Å². The summed E-state index contributed by atoms with van der Waals surface area (Å²) in [5, 5.41) is 4.28. The molecule has 0 unspecified atom stereocenters. The average Bonchev–Trinajstić information content (AvgIpc) is 3.25. The van der Waals surface area contributed by atoms with Gasteiger partial charge in [-0.2, -0.15) is 0 Å². The second-order valence-electron chi connectivity index (χ2n) is 7.68. The monoisotopic (exact) mass is 443 g/mol. The van der Waals surface area contributed by atoms with Gasteiger partial charge in [0, 0.05) is 16.0 Å². The molecule has 1 aliphatic rings. The Balaban J connectivity index is 1.69. The number of thiophene rings is 2. The van der Waals surface area contributed by atoms with Crippen molar-refractivity contribution in [2.75, 3.05) is 17.7 Å². The third-order valence-electron chi connectivity index (χ3n) is 5.29. The fourth-order valence-corrected chi connectivity index (χ4v) is 6.00. The number of anilines is 2. The zero-order valence-electron chi connectivity index (χ0n) is 17.3. The summed E-state index contributed by atoms with van der Waals surface area (Å²) in [6.45, 7) is 6.23. The van der Waals surface area contributed by atoms with Crippen molar-refractivity contribution in [2.24, 2.45) is 0 Å². The van der Waals surface area contributed by atoms with Crippen molar-refractivity contribution in [1.29, 1.82) is 0 Å². The summed E-state index contributed by atoms with van der Waals surface area (Å²) in [5.74, 6) is -0.398. The number of amides is 1. The SMILES string of the molecule is CCOC(=O)c1c(NC(=O)c2sc3nc(C(C)C)ccc3c2N)sc2c1CCCC2. The van der Waals surface area contributed by atoms with Gasteiger partial charge in [0.25, 0.3) is 5.91 Å². The summed E-state index contributed by atoms with van der Waals surface area (Å²) in [4.78, 5) is 32.7. The third-order valence-corrected chi connectivity index (χ3v) is 7.61. The summed E-state index contributed by atoms with van der Waals surface area (Å²) < 4.78 is 5.27. The maximum atomic E-state index is 13.1. The molecule has 30 heavy (non-hydrogen) atoms. The van der Waals surface area contributed by atoms with Crippen LogP contribution in [0.2, 0.25) is 0 Å². The highest BCUT2D eigenvalue weighted by Gasteiger charge is 2.28. The van der Waals surface area contributed by atoms with Gasteiger partial charge in [-0.15, -0.1) is 22.7 Å². The van der Waals surface area contributed by atoms with Crippen molar-refractivity contribution in [1.82, 2.24) is 4.98 Å². The second kappa shape index (κ2) is 8.35. The molecule has 3 N–H and O–H groups in total. The van der Waals surface area contributed by atoms with Crippen LogP contribution in [0.25, 0.3) is 10.2 Å². The van der Waals surface area contributed by atoms with E-state index >= 15 is 0 Å². The molecule has 3 aromatic rings. The van der Waals surface area contributed by atoms with E-state index in [0.29, 0.717) is 33.7 Å². The molecule has 0 aliphatic heterocycles. The van der Waals surface area contributed by atoms with Gasteiger partial charge < -0.3 is 15.8 Å². The number of nitrogen functional groups attached to an aromatic ring is 1. The lowest BCUT2D eigenvalue weighted by Crippen LogP contribution is -2.15. The molecule has 0 saturated heterocycles. The predicted molar refractivity (Wildman–Crippen MR) is 123 cm³/mol. The molecule has 4 rings (SSSR count). The first kappa shape index (κ1) is 20.8. The highest BCUT2D eigenvalue weighted by molar-refractivity contribution is 7.21. The smallest absolute Gasteiger partial charge is 0.341 e. The Hall–Kier alpha value is -2.45. The maximum Gasteiger partial charge on any atom is 0.341 e. The molecular formula is C22H25N3O3S2. The van der Waals surface area contributed by atoms with E-state index in [0.717, 1.165) is 52.0 Å². The second-order valence-corrected chi connectivity index (χ2v) is 9.78. The molecule has 0 saturated carbocycles. The van der Waals surface area contributed by atoms with Gasteiger partial charge in [-0.05, 0) is 56.2 Å². The van der Waals surface area contributed by atoms with Crippen LogP contribution >= 0.6 is 22.7 Å². The topological polar surface area (TPSA) is 94.3 Å². The maximum absolute atomic E-state index is 13.1. The number of carbonyl (C=O) groups is 2. The molecule has 1 aliphatic carbocycles. The molecule has 0 bridgehead atoms. The minimum atomic E-state index is -0.375. The molecular weight excluding hydrogens is 418 g/mol. The number of nitrogens with one attached hydrogen (secondary N) is 1. The van der Waals surface area contributed by atoms with Crippen LogP contribution in [0.5, 0.6) is 0 Å². The van der Waals surface area contributed by atoms with Crippen LogP contribution in [-0.4, -0.2) is 23.5 Å². The predicted octanol–water partition coefficient (Wildman–Crippen LogP) is 5.37. The van der Waals surface area contributed by atoms with Crippen LogP contribution in [0, 0.1) is 0 Å². The average molecular weight is 444 g/mol. The van der Waals surface area contributed by atoms with Crippen LogP contribution in [0.15, 0.2) is 12.1 Å². The molecule has 0 spiro atoms. The van der Waals surface area contributed by atoms with Gasteiger partial charge in [0.15, 0.2) is 0 Å². The van der Waals surface area contributed by atoms with Gasteiger partial charge in [-0.3, -0.25) is 4.79 Å². The molecule has 1 amide bonds. The molecule has 0 aromatic carbocycles. The van der Waals surface area contributed by atoms with Crippen molar-refractivity contribution in [3.05, 3.63) is 38.7 Å². The van der Waals surface area contributed by atoms with E-state index in [-0.39, 0.29) is 11.9 Å². The number of hydrogen-bond acceptors (Lipinski definition) is 7. The molecule has 6 nitrogen and oxygen atoms in total. The number of pyridine rings is 1. The van der Waals surface area contributed by atoms with E-state index in [2.05, 4.69) is 24.1 Å². The first-order chi connectivity index (χ1) is 14.4. The molecule has 3 heterocycles. The zero-order valence-corrected chi connectivity index (χ0v) is 19.0. The van der Waals surface area contributed by atoms with E-state index in [1.165, 1.54) is 22.7 Å². The Kier molecular flexibility index (Phi) is 5.79. The largest absolute Gasteiger partial charge is 0.462 e. The van der Waals surface area contributed by atoms with Gasteiger partial charge in [-0.1, -0.05) is 13.8 Å². The highest BCUT2D eigenvalue weighted by atomic mass is 32.1. The van der Waals surface area contributed by atoms with E-state index in [1.54, 1.807) is 6.92 Å². The first-order valence-electron chi connectivity index (χ1n) is 10.2. The lowest BCUT2D eigenvalue weighted by molar-refractivity contribution is 0.0526. The summed E-state index contributed by atoms with van der Waals surface area (Å²) in [6.07, 6.45) is 3.89. The van der Waals surface area contributed by atoms with Gasteiger partial charge >= 0.3 is 5.97 Å². The summed E-state index contributed by atoms with van der Waals surface area (Å²) >= 11 is 2.76. The number of hydrogen-bond donors (Lipinski definition) is 2. The molecule has 8 heteroatoms. The zero-order chi connectivity index (χ0) is 21.4. The minimum absolute atomic E-state index is 0.291. The normalized spacial score (nSPS) is 13.5. The van der Waals surface area contributed by atoms with Crippen LogP contribution in [0.1, 0.15) is 75.7 Å². The number of nitrogens with zero attached hydrogens (tertiary/aromatic N) is 1. The minimum Gasteiger partial charge on any atom is -0.462 e.